The highest BCUT2D eigenvalue weighted by atomic mass is 32.2. The molecule has 6 nitrogen and oxygen atoms in total. The van der Waals surface area contributed by atoms with E-state index in [4.69, 9.17) is 0 Å². The van der Waals surface area contributed by atoms with Gasteiger partial charge < -0.3 is 9.80 Å². The van der Waals surface area contributed by atoms with Gasteiger partial charge in [-0.15, -0.1) is 0 Å². The van der Waals surface area contributed by atoms with Crippen molar-refractivity contribution in [2.24, 2.45) is 0 Å². The highest BCUT2D eigenvalue weighted by molar-refractivity contribution is 7.90. The fourth-order valence-electron chi connectivity index (χ4n) is 2.96. The van der Waals surface area contributed by atoms with Crippen molar-refractivity contribution in [3.63, 3.8) is 0 Å². The predicted molar refractivity (Wildman–Crippen MR) is 92.9 cm³/mol. The molecule has 1 aromatic heterocycles. The number of nitriles is 1. The Bertz CT molecular complexity index is 932. The summed E-state index contributed by atoms with van der Waals surface area (Å²) in [6.45, 7) is 2.14. The third-order valence-electron chi connectivity index (χ3n) is 4.17. The molecule has 25 heavy (non-hydrogen) atoms. The average Bonchev–Trinajstić information content (AvgIpc) is 2.61. The van der Waals surface area contributed by atoms with Crippen molar-refractivity contribution in [3.8, 4) is 6.07 Å². The second kappa shape index (κ2) is 6.69. The average molecular weight is 360 g/mol. The largest absolute Gasteiger partial charge is 0.367 e. The van der Waals surface area contributed by atoms with Gasteiger partial charge in [-0.3, -0.25) is 0 Å². The molecule has 0 saturated carbocycles. The van der Waals surface area contributed by atoms with Gasteiger partial charge in [0.15, 0.2) is 9.84 Å². The van der Waals surface area contributed by atoms with Gasteiger partial charge in [-0.05, 0) is 24.3 Å². The maximum absolute atomic E-state index is 13.8. The van der Waals surface area contributed by atoms with Gasteiger partial charge in [0, 0.05) is 38.6 Å². The third kappa shape index (κ3) is 3.42. The summed E-state index contributed by atoms with van der Waals surface area (Å²) in [7, 11) is -3.38. The van der Waals surface area contributed by atoms with Crippen LogP contribution in [0.2, 0.25) is 0 Å². The van der Waals surface area contributed by atoms with E-state index in [0.29, 0.717) is 37.7 Å². The van der Waals surface area contributed by atoms with Gasteiger partial charge in [0.05, 0.1) is 5.69 Å². The molecule has 2 aromatic rings. The number of benzene rings is 1. The van der Waals surface area contributed by atoms with Crippen LogP contribution in [0.1, 0.15) is 5.56 Å². The van der Waals surface area contributed by atoms with Gasteiger partial charge in [-0.1, -0.05) is 6.07 Å². The highest BCUT2D eigenvalue weighted by Crippen LogP contribution is 2.27. The van der Waals surface area contributed by atoms with Crippen molar-refractivity contribution in [1.82, 2.24) is 4.98 Å². The molecule has 0 aliphatic carbocycles. The number of halogens is 1. The van der Waals surface area contributed by atoms with Crippen molar-refractivity contribution in [3.05, 3.63) is 47.9 Å². The number of hydrogen-bond donors (Lipinski definition) is 0. The number of sulfone groups is 1. The molecule has 0 N–H and O–H groups in total. The van der Waals surface area contributed by atoms with Crippen molar-refractivity contribution in [1.29, 1.82) is 5.26 Å². The van der Waals surface area contributed by atoms with E-state index >= 15 is 0 Å². The van der Waals surface area contributed by atoms with E-state index in [0.717, 1.165) is 6.26 Å². The quantitative estimate of drug-likeness (QED) is 0.831. The number of hydrogen-bond acceptors (Lipinski definition) is 6. The van der Waals surface area contributed by atoms with Crippen LogP contribution in [-0.2, 0) is 9.84 Å². The van der Waals surface area contributed by atoms with Crippen molar-refractivity contribution < 1.29 is 12.8 Å². The Balaban J connectivity index is 1.83. The molecule has 1 fully saturated rings. The smallest absolute Gasteiger partial charge is 0.179 e. The van der Waals surface area contributed by atoms with Crippen LogP contribution in [0.4, 0.5) is 15.9 Å². The summed E-state index contributed by atoms with van der Waals surface area (Å²) < 4.78 is 37.7. The maximum Gasteiger partial charge on any atom is 0.179 e. The van der Waals surface area contributed by atoms with Gasteiger partial charge in [0.1, 0.15) is 28.2 Å². The fraction of sp³-hybridized carbons (Fsp3) is 0.294. The fourth-order valence-corrected chi connectivity index (χ4v) is 3.79. The van der Waals surface area contributed by atoms with E-state index in [-0.39, 0.29) is 10.5 Å². The number of pyridine rings is 1. The third-order valence-corrected chi connectivity index (χ3v) is 5.29. The van der Waals surface area contributed by atoms with Gasteiger partial charge in [-0.2, -0.15) is 5.26 Å². The van der Waals surface area contributed by atoms with E-state index in [1.165, 1.54) is 6.07 Å². The molecule has 0 unspecified atom stereocenters. The minimum atomic E-state index is -3.38. The molecule has 1 aliphatic rings. The molecule has 3 rings (SSSR count). The van der Waals surface area contributed by atoms with E-state index in [1.54, 1.807) is 30.5 Å². The molecule has 1 saturated heterocycles. The van der Waals surface area contributed by atoms with Crippen LogP contribution in [0.25, 0.3) is 0 Å². The number of anilines is 2. The van der Waals surface area contributed by atoms with E-state index in [9.17, 15) is 18.1 Å². The normalized spacial score (nSPS) is 15.1. The van der Waals surface area contributed by atoms with E-state index in [2.05, 4.69) is 4.98 Å². The molecule has 0 bridgehead atoms. The second-order valence-electron chi connectivity index (χ2n) is 5.82. The SMILES string of the molecule is CS(=O)(=O)c1cccnc1N1CCN(c2cccc(F)c2C#N)CC1. The topological polar surface area (TPSA) is 77.3 Å². The van der Waals surface area contributed by atoms with Gasteiger partial charge >= 0.3 is 0 Å². The summed E-state index contributed by atoms with van der Waals surface area (Å²) in [5, 5.41) is 9.18. The maximum atomic E-state index is 13.8. The Labute approximate surface area is 146 Å². The standard InChI is InChI=1S/C17H17FN4O2S/c1-25(23,24)16-6-3-7-20-17(16)22-10-8-21(9-11-22)15-5-2-4-14(18)13(15)12-19/h2-7H,8-11H2,1H3. The minimum absolute atomic E-state index is 0.0330. The van der Waals surface area contributed by atoms with Crippen LogP contribution in [0.15, 0.2) is 41.4 Å². The first kappa shape index (κ1) is 17.2. The molecule has 1 aliphatic heterocycles. The molecule has 1 aromatic carbocycles. The summed E-state index contributed by atoms with van der Waals surface area (Å²) in [5.74, 6) is -0.101. The minimum Gasteiger partial charge on any atom is -0.367 e. The molecule has 0 atom stereocenters. The number of nitrogens with zero attached hydrogens (tertiary/aromatic N) is 4. The molecule has 0 amide bonds. The summed E-state index contributed by atoms with van der Waals surface area (Å²) in [4.78, 5) is 8.26. The summed E-state index contributed by atoms with van der Waals surface area (Å²) >= 11 is 0. The lowest BCUT2D eigenvalue weighted by atomic mass is 10.1. The van der Waals surface area contributed by atoms with Crippen LogP contribution < -0.4 is 9.80 Å². The monoisotopic (exact) mass is 360 g/mol. The molecule has 0 spiro atoms. The molecule has 130 valence electrons. The molecule has 0 radical (unpaired) electrons. The Morgan fingerprint density at radius 2 is 1.80 bits per heavy atom. The number of rotatable bonds is 3. The number of piperazine rings is 1. The zero-order valence-electron chi connectivity index (χ0n) is 13.7. The Hall–Kier alpha value is -2.66. The molecule has 2 heterocycles. The summed E-state index contributed by atoms with van der Waals surface area (Å²) in [6, 6.07) is 9.63. The predicted octanol–water partition coefficient (Wildman–Crippen LogP) is 1.82. The Morgan fingerprint density at radius 3 is 2.44 bits per heavy atom. The lowest BCUT2D eigenvalue weighted by Crippen LogP contribution is -2.47. The van der Waals surface area contributed by atoms with Gasteiger partial charge in [0.25, 0.3) is 0 Å². The number of aromatic nitrogens is 1. The second-order valence-corrected chi connectivity index (χ2v) is 7.80. The van der Waals surface area contributed by atoms with Crippen molar-refractivity contribution in [2.45, 2.75) is 4.90 Å². The van der Waals surface area contributed by atoms with Crippen LogP contribution in [0.3, 0.4) is 0 Å². The zero-order valence-corrected chi connectivity index (χ0v) is 14.5. The van der Waals surface area contributed by atoms with E-state index < -0.39 is 15.7 Å². The first-order valence-electron chi connectivity index (χ1n) is 7.75. The zero-order chi connectivity index (χ0) is 18.0. The lowest BCUT2D eigenvalue weighted by Gasteiger charge is -2.37. The van der Waals surface area contributed by atoms with Crippen LogP contribution in [0.5, 0.6) is 0 Å². The van der Waals surface area contributed by atoms with Crippen molar-refractivity contribution in [2.75, 3.05) is 42.2 Å². The van der Waals surface area contributed by atoms with Crippen LogP contribution in [-0.4, -0.2) is 45.8 Å². The highest BCUT2D eigenvalue weighted by Gasteiger charge is 2.25. The molecule has 8 heteroatoms. The first-order chi connectivity index (χ1) is 11.9. The van der Waals surface area contributed by atoms with Crippen molar-refractivity contribution >= 4 is 21.3 Å². The molecular formula is C17H17FN4O2S. The van der Waals surface area contributed by atoms with Gasteiger partial charge in [-0.25, -0.2) is 17.8 Å². The van der Waals surface area contributed by atoms with Crippen LogP contribution >= 0.6 is 0 Å². The lowest BCUT2D eigenvalue weighted by molar-refractivity contribution is 0.597. The Kier molecular flexibility index (Phi) is 4.59. The first-order valence-corrected chi connectivity index (χ1v) is 9.64. The Morgan fingerprint density at radius 1 is 1.12 bits per heavy atom. The van der Waals surface area contributed by atoms with E-state index in [1.807, 2.05) is 15.9 Å². The summed E-state index contributed by atoms with van der Waals surface area (Å²) in [5.41, 5.74) is 0.595. The summed E-state index contributed by atoms with van der Waals surface area (Å²) in [6.07, 6.45) is 2.73. The van der Waals surface area contributed by atoms with Gasteiger partial charge in [0.2, 0.25) is 0 Å². The van der Waals surface area contributed by atoms with Crippen LogP contribution in [0, 0.1) is 17.1 Å². The molecular weight excluding hydrogens is 343 g/mol.